The summed E-state index contributed by atoms with van der Waals surface area (Å²) in [6.07, 6.45) is 0. The first-order valence-electron chi connectivity index (χ1n) is 4.84. The molecule has 1 aromatic heterocycles. The van der Waals surface area contributed by atoms with E-state index in [1.165, 1.54) is 11.3 Å². The fraction of sp³-hybridized carbons (Fsp3) is 0.0833. The van der Waals surface area contributed by atoms with Crippen LogP contribution in [0.5, 0.6) is 0 Å². The van der Waals surface area contributed by atoms with Gasteiger partial charge in [0.2, 0.25) is 0 Å². The molecule has 16 heavy (non-hydrogen) atoms. The van der Waals surface area contributed by atoms with Gasteiger partial charge in [-0.25, -0.2) is 4.79 Å². The lowest BCUT2D eigenvalue weighted by atomic mass is 10.1. The second-order valence-electron chi connectivity index (χ2n) is 3.34. The molecule has 1 atom stereocenters. The maximum Gasteiger partial charge on any atom is 0.330 e. The zero-order valence-electron chi connectivity index (χ0n) is 8.46. The van der Waals surface area contributed by atoms with Crippen molar-refractivity contribution in [3.05, 3.63) is 52.7 Å². The van der Waals surface area contributed by atoms with Crippen molar-refractivity contribution in [2.75, 3.05) is 5.32 Å². The van der Waals surface area contributed by atoms with Gasteiger partial charge in [0.15, 0.2) is 6.04 Å². The quantitative estimate of drug-likeness (QED) is 0.853. The number of para-hydroxylation sites is 1. The van der Waals surface area contributed by atoms with Gasteiger partial charge in [-0.2, -0.15) is 11.3 Å². The predicted molar refractivity (Wildman–Crippen MR) is 64.8 cm³/mol. The lowest BCUT2D eigenvalue weighted by Gasteiger charge is -2.14. The van der Waals surface area contributed by atoms with Crippen molar-refractivity contribution in [3.8, 4) is 0 Å². The van der Waals surface area contributed by atoms with Gasteiger partial charge >= 0.3 is 5.97 Å². The minimum Gasteiger partial charge on any atom is -0.479 e. The van der Waals surface area contributed by atoms with E-state index in [1.54, 1.807) is 0 Å². The fourth-order valence-corrected chi connectivity index (χ4v) is 2.11. The maximum atomic E-state index is 11.1. The molecule has 0 fully saturated rings. The van der Waals surface area contributed by atoms with Crippen LogP contribution < -0.4 is 5.32 Å². The number of nitrogens with one attached hydrogen (secondary N) is 1. The topological polar surface area (TPSA) is 49.3 Å². The Hall–Kier alpha value is -1.81. The van der Waals surface area contributed by atoms with Crippen LogP contribution in [0.1, 0.15) is 11.6 Å². The van der Waals surface area contributed by atoms with Crippen molar-refractivity contribution in [2.24, 2.45) is 0 Å². The molecule has 0 aliphatic rings. The molecule has 2 aromatic rings. The van der Waals surface area contributed by atoms with Crippen LogP contribution in [-0.2, 0) is 4.79 Å². The van der Waals surface area contributed by atoms with Crippen LogP contribution in [0.25, 0.3) is 0 Å². The monoisotopic (exact) mass is 233 g/mol. The molecule has 0 spiro atoms. The summed E-state index contributed by atoms with van der Waals surface area (Å²) < 4.78 is 0. The van der Waals surface area contributed by atoms with E-state index in [0.717, 1.165) is 11.3 Å². The molecule has 0 saturated carbocycles. The molecule has 0 amide bonds. The Kier molecular flexibility index (Phi) is 3.22. The highest BCUT2D eigenvalue weighted by Crippen LogP contribution is 2.21. The van der Waals surface area contributed by atoms with Crippen LogP contribution in [0.4, 0.5) is 5.69 Å². The summed E-state index contributed by atoms with van der Waals surface area (Å²) in [5, 5.41) is 15.9. The number of aliphatic carboxylic acids is 1. The standard InChI is InChI=1S/C12H11NO2S/c14-12(15)11(9-6-7-16-8-9)13-10-4-2-1-3-5-10/h1-8,11,13H,(H,14,15)/t11-/m0/s1. The molecule has 0 bridgehead atoms. The second kappa shape index (κ2) is 4.81. The third-order valence-corrected chi connectivity index (χ3v) is 2.91. The lowest BCUT2D eigenvalue weighted by Crippen LogP contribution is -2.19. The summed E-state index contributed by atoms with van der Waals surface area (Å²) in [5.41, 5.74) is 1.59. The highest BCUT2D eigenvalue weighted by atomic mass is 32.1. The third-order valence-electron chi connectivity index (χ3n) is 2.21. The van der Waals surface area contributed by atoms with Crippen molar-refractivity contribution >= 4 is 23.0 Å². The SMILES string of the molecule is O=C(O)[C@@H](Nc1ccccc1)c1ccsc1. The average molecular weight is 233 g/mol. The normalized spacial score (nSPS) is 12.0. The number of carbonyl (C=O) groups is 1. The smallest absolute Gasteiger partial charge is 0.330 e. The largest absolute Gasteiger partial charge is 0.479 e. The van der Waals surface area contributed by atoms with Gasteiger partial charge in [-0.3, -0.25) is 0 Å². The number of thiophene rings is 1. The molecule has 1 aromatic carbocycles. The van der Waals surface area contributed by atoms with Gasteiger partial charge in [-0.15, -0.1) is 0 Å². The minimum absolute atomic E-state index is 0.686. The first-order valence-corrected chi connectivity index (χ1v) is 5.78. The Morgan fingerprint density at radius 2 is 2.00 bits per heavy atom. The lowest BCUT2D eigenvalue weighted by molar-refractivity contribution is -0.138. The van der Waals surface area contributed by atoms with Gasteiger partial charge < -0.3 is 10.4 Å². The van der Waals surface area contributed by atoms with E-state index in [4.69, 9.17) is 5.11 Å². The third kappa shape index (κ3) is 2.41. The molecule has 0 aliphatic heterocycles. The van der Waals surface area contributed by atoms with Crippen LogP contribution in [0.15, 0.2) is 47.2 Å². The van der Waals surface area contributed by atoms with E-state index in [0.29, 0.717) is 0 Å². The summed E-state index contributed by atoms with van der Waals surface area (Å²) in [4.78, 5) is 11.1. The van der Waals surface area contributed by atoms with E-state index in [9.17, 15) is 4.79 Å². The zero-order chi connectivity index (χ0) is 11.4. The zero-order valence-corrected chi connectivity index (χ0v) is 9.28. The van der Waals surface area contributed by atoms with E-state index in [-0.39, 0.29) is 0 Å². The Bertz CT molecular complexity index is 453. The molecule has 4 heteroatoms. The van der Waals surface area contributed by atoms with Gasteiger partial charge in [0.1, 0.15) is 0 Å². The molecule has 0 aliphatic carbocycles. The number of rotatable bonds is 4. The highest BCUT2D eigenvalue weighted by Gasteiger charge is 2.19. The Morgan fingerprint density at radius 3 is 2.56 bits per heavy atom. The number of anilines is 1. The summed E-state index contributed by atoms with van der Waals surface area (Å²) >= 11 is 1.49. The first-order chi connectivity index (χ1) is 7.77. The van der Waals surface area contributed by atoms with E-state index < -0.39 is 12.0 Å². The van der Waals surface area contributed by atoms with Crippen molar-refractivity contribution < 1.29 is 9.90 Å². The van der Waals surface area contributed by atoms with Crippen LogP contribution in [-0.4, -0.2) is 11.1 Å². The summed E-state index contributed by atoms with van der Waals surface area (Å²) in [6, 6.07) is 10.5. The Balaban J connectivity index is 2.19. The molecule has 2 N–H and O–H groups in total. The van der Waals surface area contributed by atoms with Gasteiger partial charge in [0.25, 0.3) is 0 Å². The van der Waals surface area contributed by atoms with E-state index >= 15 is 0 Å². The first kappa shape index (κ1) is 10.7. The van der Waals surface area contributed by atoms with Crippen LogP contribution in [0, 0.1) is 0 Å². The Labute approximate surface area is 97.4 Å². The number of carboxylic acid groups (broad SMARTS) is 1. The molecular weight excluding hydrogens is 222 g/mol. The summed E-state index contributed by atoms with van der Waals surface area (Å²) in [5.74, 6) is -0.873. The highest BCUT2D eigenvalue weighted by molar-refractivity contribution is 7.08. The van der Waals surface area contributed by atoms with Gasteiger partial charge in [0, 0.05) is 5.69 Å². The van der Waals surface area contributed by atoms with Crippen molar-refractivity contribution in [1.82, 2.24) is 0 Å². The second-order valence-corrected chi connectivity index (χ2v) is 4.12. The minimum atomic E-state index is -0.873. The van der Waals surface area contributed by atoms with Crippen LogP contribution in [0.3, 0.4) is 0 Å². The molecular formula is C12H11NO2S. The van der Waals surface area contributed by atoms with E-state index in [2.05, 4.69) is 5.32 Å². The van der Waals surface area contributed by atoms with Crippen LogP contribution >= 0.6 is 11.3 Å². The number of hydrogen-bond acceptors (Lipinski definition) is 3. The van der Waals surface area contributed by atoms with E-state index in [1.807, 2.05) is 47.2 Å². The molecule has 0 unspecified atom stereocenters. The van der Waals surface area contributed by atoms with Crippen molar-refractivity contribution in [1.29, 1.82) is 0 Å². The van der Waals surface area contributed by atoms with Gasteiger partial charge in [-0.05, 0) is 34.5 Å². The number of benzene rings is 1. The number of hydrogen-bond donors (Lipinski definition) is 2. The molecule has 2 rings (SSSR count). The van der Waals surface area contributed by atoms with Gasteiger partial charge in [-0.1, -0.05) is 18.2 Å². The number of carboxylic acids is 1. The Morgan fingerprint density at radius 1 is 1.25 bits per heavy atom. The molecule has 82 valence electrons. The summed E-state index contributed by atoms with van der Waals surface area (Å²) in [6.45, 7) is 0. The summed E-state index contributed by atoms with van der Waals surface area (Å²) in [7, 11) is 0. The van der Waals surface area contributed by atoms with Crippen LogP contribution in [0.2, 0.25) is 0 Å². The maximum absolute atomic E-state index is 11.1. The molecule has 0 radical (unpaired) electrons. The van der Waals surface area contributed by atoms with Crippen molar-refractivity contribution in [2.45, 2.75) is 6.04 Å². The van der Waals surface area contributed by atoms with Crippen molar-refractivity contribution in [3.63, 3.8) is 0 Å². The fourth-order valence-electron chi connectivity index (χ4n) is 1.43. The molecule has 1 heterocycles. The van der Waals surface area contributed by atoms with Gasteiger partial charge in [0.05, 0.1) is 0 Å². The molecule has 0 saturated heterocycles. The predicted octanol–water partition coefficient (Wildman–Crippen LogP) is 2.99. The molecule has 3 nitrogen and oxygen atoms in total. The average Bonchev–Trinajstić information content (AvgIpc) is 2.80.